The number of ether oxygens (including phenoxy) is 1. The third-order valence-corrected chi connectivity index (χ3v) is 2.48. The lowest BCUT2D eigenvalue weighted by atomic mass is 10.2. The third kappa shape index (κ3) is 2.69. The Kier molecular flexibility index (Phi) is 3.46. The Bertz CT molecular complexity index is 589. The highest BCUT2D eigenvalue weighted by molar-refractivity contribution is 5.89. The van der Waals surface area contributed by atoms with Crippen molar-refractivity contribution in [2.24, 2.45) is 0 Å². The van der Waals surface area contributed by atoms with Crippen LogP contribution < -0.4 is 10.5 Å². The number of nitrogens with zero attached hydrogens (tertiary/aromatic N) is 1. The van der Waals surface area contributed by atoms with E-state index in [4.69, 9.17) is 10.5 Å². The van der Waals surface area contributed by atoms with Crippen LogP contribution in [0.1, 0.15) is 0 Å². The summed E-state index contributed by atoms with van der Waals surface area (Å²) in [5, 5.41) is 0.396. The summed E-state index contributed by atoms with van der Waals surface area (Å²) in [5.74, 6) is -4.29. The normalized spacial score (nSPS) is 12.1. The first-order valence-corrected chi connectivity index (χ1v) is 5.34. The predicted molar refractivity (Wildman–Crippen MR) is 62.6 cm³/mol. The van der Waals surface area contributed by atoms with Crippen molar-refractivity contribution in [2.75, 3.05) is 12.3 Å². The first kappa shape index (κ1) is 13.4. The molecule has 0 fully saturated rings. The van der Waals surface area contributed by atoms with Crippen molar-refractivity contribution in [3.63, 3.8) is 0 Å². The van der Waals surface area contributed by atoms with E-state index in [1.807, 2.05) is 0 Å². The molecule has 7 heteroatoms. The van der Waals surface area contributed by atoms with Gasteiger partial charge in [-0.25, -0.2) is 8.78 Å². The summed E-state index contributed by atoms with van der Waals surface area (Å²) >= 11 is 0. The number of rotatable bonds is 4. The summed E-state index contributed by atoms with van der Waals surface area (Å²) in [4.78, 5) is 3.98. The molecule has 2 rings (SSSR count). The molecule has 19 heavy (non-hydrogen) atoms. The van der Waals surface area contributed by atoms with Gasteiger partial charge in [0.05, 0.1) is 17.4 Å². The molecule has 0 aliphatic rings. The van der Waals surface area contributed by atoms with Crippen LogP contribution in [0, 0.1) is 0 Å². The number of nitrogens with two attached hydrogens (primary N) is 1. The van der Waals surface area contributed by atoms with Gasteiger partial charge in [-0.2, -0.15) is 8.78 Å². The monoisotopic (exact) mass is 274 g/mol. The Balaban J connectivity index is 2.32. The van der Waals surface area contributed by atoms with E-state index in [1.165, 1.54) is 6.20 Å². The van der Waals surface area contributed by atoms with Gasteiger partial charge in [-0.05, 0) is 12.1 Å². The summed E-state index contributed by atoms with van der Waals surface area (Å²) < 4.78 is 54.6. The molecule has 3 nitrogen and oxygen atoms in total. The SMILES string of the molecule is Nc1cnc2ccccc2c1OCC(F)(F)C(F)F. The fourth-order valence-corrected chi connectivity index (χ4v) is 1.52. The number of hydrogen-bond acceptors (Lipinski definition) is 3. The minimum atomic E-state index is -4.23. The zero-order valence-corrected chi connectivity index (χ0v) is 9.62. The first-order chi connectivity index (χ1) is 8.92. The third-order valence-electron chi connectivity index (χ3n) is 2.48. The number of para-hydroxylation sites is 1. The topological polar surface area (TPSA) is 48.1 Å². The van der Waals surface area contributed by atoms with E-state index in [0.29, 0.717) is 10.9 Å². The summed E-state index contributed by atoms with van der Waals surface area (Å²) in [6.45, 7) is -1.44. The van der Waals surface area contributed by atoms with Crippen molar-refractivity contribution in [1.29, 1.82) is 0 Å². The molecule has 0 amide bonds. The van der Waals surface area contributed by atoms with E-state index < -0.39 is 19.0 Å². The average molecular weight is 274 g/mol. The largest absolute Gasteiger partial charge is 0.484 e. The number of benzene rings is 1. The van der Waals surface area contributed by atoms with Crippen LogP contribution in [-0.4, -0.2) is 23.9 Å². The van der Waals surface area contributed by atoms with Gasteiger partial charge in [0, 0.05) is 5.39 Å². The predicted octanol–water partition coefficient (Wildman–Crippen LogP) is 3.10. The second-order valence-corrected chi connectivity index (χ2v) is 3.91. The molecule has 0 atom stereocenters. The highest BCUT2D eigenvalue weighted by Crippen LogP contribution is 2.32. The van der Waals surface area contributed by atoms with Crippen LogP contribution in [0.4, 0.5) is 23.2 Å². The molecule has 0 saturated heterocycles. The second kappa shape index (κ2) is 4.91. The molecule has 0 aliphatic carbocycles. The Labute approximate surface area is 106 Å². The van der Waals surface area contributed by atoms with Crippen LogP contribution in [0.5, 0.6) is 5.75 Å². The molecule has 1 aromatic heterocycles. The highest BCUT2D eigenvalue weighted by Gasteiger charge is 2.42. The molecule has 1 heterocycles. The van der Waals surface area contributed by atoms with Crippen molar-refractivity contribution < 1.29 is 22.3 Å². The maximum Gasteiger partial charge on any atom is 0.340 e. The lowest BCUT2D eigenvalue weighted by molar-refractivity contribution is -0.148. The Morgan fingerprint density at radius 2 is 1.95 bits per heavy atom. The van der Waals surface area contributed by atoms with Crippen LogP contribution >= 0.6 is 0 Å². The van der Waals surface area contributed by atoms with Crippen LogP contribution in [0.3, 0.4) is 0 Å². The van der Waals surface area contributed by atoms with E-state index in [0.717, 1.165) is 0 Å². The van der Waals surface area contributed by atoms with Crippen LogP contribution in [0.25, 0.3) is 10.9 Å². The van der Waals surface area contributed by atoms with Crippen molar-refractivity contribution >= 4 is 16.6 Å². The van der Waals surface area contributed by atoms with Crippen molar-refractivity contribution in [1.82, 2.24) is 4.98 Å². The number of halogens is 4. The van der Waals surface area contributed by atoms with Gasteiger partial charge < -0.3 is 10.5 Å². The Hall–Kier alpha value is -2.05. The minimum Gasteiger partial charge on any atom is -0.484 e. The molecule has 102 valence electrons. The van der Waals surface area contributed by atoms with Crippen molar-refractivity contribution in [3.8, 4) is 5.75 Å². The molecular weight excluding hydrogens is 264 g/mol. The molecular formula is C12H10F4N2O. The number of fused-ring (bicyclic) bond motifs is 1. The fourth-order valence-electron chi connectivity index (χ4n) is 1.52. The first-order valence-electron chi connectivity index (χ1n) is 5.34. The smallest absolute Gasteiger partial charge is 0.340 e. The van der Waals surface area contributed by atoms with Gasteiger partial charge in [-0.15, -0.1) is 0 Å². The highest BCUT2D eigenvalue weighted by atomic mass is 19.3. The van der Waals surface area contributed by atoms with Crippen molar-refractivity contribution in [3.05, 3.63) is 30.5 Å². The average Bonchev–Trinajstić information content (AvgIpc) is 2.37. The van der Waals surface area contributed by atoms with Gasteiger partial charge in [-0.3, -0.25) is 4.98 Å². The number of hydrogen-bond donors (Lipinski definition) is 1. The van der Waals surface area contributed by atoms with E-state index in [-0.39, 0.29) is 11.4 Å². The van der Waals surface area contributed by atoms with Crippen LogP contribution in [0.15, 0.2) is 30.5 Å². The molecule has 0 radical (unpaired) electrons. The van der Waals surface area contributed by atoms with E-state index in [1.54, 1.807) is 24.3 Å². The standard InChI is InChI=1S/C12H10F4N2O/c13-11(14)12(15,16)6-19-10-7-3-1-2-4-9(7)18-5-8(10)17/h1-5,11H,6,17H2. The van der Waals surface area contributed by atoms with Gasteiger partial charge in [0.1, 0.15) is 0 Å². The van der Waals surface area contributed by atoms with Gasteiger partial charge in [0.25, 0.3) is 0 Å². The molecule has 0 bridgehead atoms. The summed E-state index contributed by atoms with van der Waals surface area (Å²) in [5.41, 5.74) is 6.07. The number of anilines is 1. The van der Waals surface area contributed by atoms with Crippen LogP contribution in [-0.2, 0) is 0 Å². The van der Waals surface area contributed by atoms with E-state index in [2.05, 4.69) is 4.98 Å². The minimum absolute atomic E-state index is 0.0174. The number of nitrogen functional groups attached to an aromatic ring is 1. The molecule has 0 unspecified atom stereocenters. The lowest BCUT2D eigenvalue weighted by Gasteiger charge is -2.17. The number of alkyl halides is 4. The van der Waals surface area contributed by atoms with E-state index >= 15 is 0 Å². The number of aromatic nitrogens is 1. The summed E-state index contributed by atoms with van der Waals surface area (Å²) in [6.07, 6.45) is -2.56. The summed E-state index contributed by atoms with van der Waals surface area (Å²) in [6, 6.07) is 6.53. The second-order valence-electron chi connectivity index (χ2n) is 3.91. The molecule has 0 aliphatic heterocycles. The summed E-state index contributed by atoms with van der Waals surface area (Å²) in [7, 11) is 0. The van der Waals surface area contributed by atoms with Crippen molar-refractivity contribution in [2.45, 2.75) is 12.3 Å². The van der Waals surface area contributed by atoms with Gasteiger partial charge >= 0.3 is 12.3 Å². The maximum absolute atomic E-state index is 12.8. The number of pyridine rings is 1. The zero-order valence-electron chi connectivity index (χ0n) is 9.62. The molecule has 1 aromatic carbocycles. The van der Waals surface area contributed by atoms with Gasteiger partial charge in [0.15, 0.2) is 12.4 Å². The van der Waals surface area contributed by atoms with Gasteiger partial charge in [0.2, 0.25) is 0 Å². The molecule has 0 spiro atoms. The Morgan fingerprint density at radius 3 is 2.63 bits per heavy atom. The van der Waals surface area contributed by atoms with E-state index in [9.17, 15) is 17.6 Å². The molecule has 2 N–H and O–H groups in total. The zero-order chi connectivity index (χ0) is 14.0. The molecule has 0 saturated carbocycles. The van der Waals surface area contributed by atoms with Crippen LogP contribution in [0.2, 0.25) is 0 Å². The molecule has 2 aromatic rings. The Morgan fingerprint density at radius 1 is 1.26 bits per heavy atom. The maximum atomic E-state index is 12.8. The van der Waals surface area contributed by atoms with Gasteiger partial charge in [-0.1, -0.05) is 12.1 Å². The quantitative estimate of drug-likeness (QED) is 0.871. The fraction of sp³-hybridized carbons (Fsp3) is 0.250. The lowest BCUT2D eigenvalue weighted by Crippen LogP contribution is -2.33.